The van der Waals surface area contributed by atoms with E-state index in [4.69, 9.17) is 11.6 Å². The van der Waals surface area contributed by atoms with Gasteiger partial charge in [0.25, 0.3) is 0 Å². The Morgan fingerprint density at radius 3 is 2.29 bits per heavy atom. The number of rotatable bonds is 1. The number of carbonyl (C=O) groups excluding carboxylic acids is 1. The van der Waals surface area contributed by atoms with Gasteiger partial charge in [0.15, 0.2) is 5.78 Å². The summed E-state index contributed by atoms with van der Waals surface area (Å²) in [6, 6.07) is 12.6. The Morgan fingerprint density at radius 2 is 1.58 bits per heavy atom. The van der Waals surface area contributed by atoms with Crippen LogP contribution in [0.15, 0.2) is 53.4 Å². The summed E-state index contributed by atoms with van der Waals surface area (Å²) in [4.78, 5) is 12.3. The van der Waals surface area contributed by atoms with Crippen LogP contribution in [0.4, 0.5) is 0 Å². The summed E-state index contributed by atoms with van der Waals surface area (Å²) in [6.45, 7) is 0. The molecular formula is C17H8ClNaO4S. The molecule has 0 bridgehead atoms. The molecule has 0 aromatic heterocycles. The number of halogens is 1. The van der Waals surface area contributed by atoms with E-state index in [0.29, 0.717) is 16.1 Å². The normalized spacial score (nSPS) is 12.7. The van der Waals surface area contributed by atoms with Crippen LogP contribution >= 0.6 is 11.6 Å². The standard InChI is InChI=1S/C17H9ClO4S.Na/c18-15-7-6-11-10-5-4-9(23(20,21)22)8-14(10)17(19)13-3-1-2-12(15)16(11)13;/h1-8H,(H,20,21,22);/q;+1/p-1. The number of hydrogen-bond acceptors (Lipinski definition) is 4. The molecule has 1 aliphatic carbocycles. The quantitative estimate of drug-likeness (QED) is 0.365. The first-order valence-electron chi connectivity index (χ1n) is 6.74. The van der Waals surface area contributed by atoms with Gasteiger partial charge >= 0.3 is 29.6 Å². The molecule has 7 heteroatoms. The summed E-state index contributed by atoms with van der Waals surface area (Å²) < 4.78 is 33.7. The van der Waals surface area contributed by atoms with Crippen LogP contribution in [0.5, 0.6) is 0 Å². The molecule has 0 heterocycles. The minimum absolute atomic E-state index is 0. The second-order valence-electron chi connectivity index (χ2n) is 5.31. The van der Waals surface area contributed by atoms with Crippen LogP contribution in [0.3, 0.4) is 0 Å². The minimum Gasteiger partial charge on any atom is -0.744 e. The maximum absolute atomic E-state index is 12.7. The van der Waals surface area contributed by atoms with Crippen molar-refractivity contribution in [2.45, 2.75) is 4.90 Å². The smallest absolute Gasteiger partial charge is 0.744 e. The van der Waals surface area contributed by atoms with E-state index in [1.54, 1.807) is 24.3 Å². The molecule has 0 saturated heterocycles. The Balaban J connectivity index is 0.00000169. The van der Waals surface area contributed by atoms with E-state index in [1.165, 1.54) is 12.1 Å². The van der Waals surface area contributed by atoms with Crippen molar-refractivity contribution in [3.8, 4) is 11.1 Å². The molecule has 3 aromatic rings. The van der Waals surface area contributed by atoms with E-state index in [2.05, 4.69) is 0 Å². The van der Waals surface area contributed by atoms with Gasteiger partial charge < -0.3 is 4.55 Å². The second-order valence-corrected chi connectivity index (χ2v) is 7.10. The van der Waals surface area contributed by atoms with E-state index in [1.807, 2.05) is 6.07 Å². The van der Waals surface area contributed by atoms with Gasteiger partial charge in [0.2, 0.25) is 0 Å². The van der Waals surface area contributed by atoms with Gasteiger partial charge in [0.05, 0.1) is 4.90 Å². The Hall–Kier alpha value is -1.21. The van der Waals surface area contributed by atoms with E-state index in [-0.39, 0.29) is 40.9 Å². The van der Waals surface area contributed by atoms with Gasteiger partial charge in [-0.2, -0.15) is 0 Å². The summed E-state index contributed by atoms with van der Waals surface area (Å²) in [5.41, 5.74) is 2.06. The third-order valence-electron chi connectivity index (χ3n) is 4.05. The molecule has 114 valence electrons. The van der Waals surface area contributed by atoms with Crippen molar-refractivity contribution in [3.05, 3.63) is 64.7 Å². The SMILES string of the molecule is O=C1c2cc(S(=O)(=O)[O-])ccc2-c2ccc(Cl)c3cccc1c23.[Na+]. The third-order valence-corrected chi connectivity index (χ3v) is 5.21. The van der Waals surface area contributed by atoms with E-state index in [9.17, 15) is 17.8 Å². The molecule has 24 heavy (non-hydrogen) atoms. The van der Waals surface area contributed by atoms with E-state index >= 15 is 0 Å². The van der Waals surface area contributed by atoms with Crippen LogP contribution in [-0.4, -0.2) is 18.8 Å². The van der Waals surface area contributed by atoms with Crippen molar-refractivity contribution >= 4 is 38.3 Å². The molecule has 3 aromatic carbocycles. The molecule has 0 fully saturated rings. The minimum atomic E-state index is -4.62. The summed E-state index contributed by atoms with van der Waals surface area (Å²) in [5, 5.41) is 2.05. The molecule has 0 amide bonds. The number of hydrogen-bond donors (Lipinski definition) is 0. The predicted octanol–water partition coefficient (Wildman–Crippen LogP) is 0.613. The van der Waals surface area contributed by atoms with Gasteiger partial charge in [-0.3, -0.25) is 4.79 Å². The molecule has 0 spiro atoms. The molecule has 0 radical (unpaired) electrons. The summed E-state index contributed by atoms with van der Waals surface area (Å²) in [5.74, 6) is -0.314. The second kappa shape index (κ2) is 5.95. The zero-order valence-corrected chi connectivity index (χ0v) is 16.1. The van der Waals surface area contributed by atoms with Crippen LogP contribution in [0.1, 0.15) is 15.9 Å². The van der Waals surface area contributed by atoms with Crippen molar-refractivity contribution in [3.63, 3.8) is 0 Å². The molecule has 0 saturated carbocycles. The predicted molar refractivity (Wildman–Crippen MR) is 85.8 cm³/mol. The number of ketones is 1. The molecule has 0 N–H and O–H groups in total. The van der Waals surface area contributed by atoms with Gasteiger partial charge in [-0.15, -0.1) is 0 Å². The fourth-order valence-corrected chi connectivity index (χ4v) is 3.75. The first-order chi connectivity index (χ1) is 10.9. The van der Waals surface area contributed by atoms with Crippen molar-refractivity contribution in [1.82, 2.24) is 0 Å². The van der Waals surface area contributed by atoms with Gasteiger partial charge in [0, 0.05) is 26.9 Å². The average Bonchev–Trinajstić information content (AvgIpc) is 2.52. The Kier molecular flexibility index (Phi) is 4.36. The topological polar surface area (TPSA) is 74.3 Å². The largest absolute Gasteiger partial charge is 1.00 e. The Morgan fingerprint density at radius 1 is 0.875 bits per heavy atom. The van der Waals surface area contributed by atoms with E-state index in [0.717, 1.165) is 22.4 Å². The van der Waals surface area contributed by atoms with Gasteiger partial charge in [-0.1, -0.05) is 41.9 Å². The number of fused-ring (bicyclic) bond motifs is 2. The van der Waals surface area contributed by atoms with Crippen LogP contribution in [0.2, 0.25) is 5.02 Å². The molecule has 1 aliphatic rings. The Labute approximate surface area is 165 Å². The molecule has 0 atom stereocenters. The first kappa shape index (κ1) is 17.6. The molecule has 4 rings (SSSR count). The van der Waals surface area contributed by atoms with Crippen LogP contribution in [0, 0.1) is 0 Å². The fourth-order valence-electron chi connectivity index (χ4n) is 3.03. The summed E-state index contributed by atoms with van der Waals surface area (Å²) in [7, 11) is -4.62. The number of carbonyl (C=O) groups is 1. The summed E-state index contributed by atoms with van der Waals surface area (Å²) >= 11 is 6.21. The first-order valence-corrected chi connectivity index (χ1v) is 8.53. The van der Waals surface area contributed by atoms with Crippen molar-refractivity contribution in [2.24, 2.45) is 0 Å². The zero-order chi connectivity index (χ0) is 16.4. The molecule has 0 aliphatic heterocycles. The third kappa shape index (κ3) is 2.52. The van der Waals surface area contributed by atoms with Gasteiger partial charge in [0.1, 0.15) is 10.1 Å². The molecule has 4 nitrogen and oxygen atoms in total. The van der Waals surface area contributed by atoms with Crippen LogP contribution in [0.25, 0.3) is 21.9 Å². The number of benzene rings is 3. The van der Waals surface area contributed by atoms with Crippen LogP contribution < -0.4 is 29.6 Å². The maximum Gasteiger partial charge on any atom is 1.00 e. The van der Waals surface area contributed by atoms with Crippen molar-refractivity contribution < 1.29 is 47.3 Å². The van der Waals surface area contributed by atoms with Gasteiger partial charge in [-0.05, 0) is 29.3 Å². The van der Waals surface area contributed by atoms with Crippen molar-refractivity contribution in [2.75, 3.05) is 0 Å². The Bertz CT molecular complexity index is 1120. The molecular weight excluding hydrogens is 359 g/mol. The summed E-state index contributed by atoms with van der Waals surface area (Å²) in [6.07, 6.45) is 0. The average molecular weight is 367 g/mol. The fraction of sp³-hybridized carbons (Fsp3) is 0. The monoisotopic (exact) mass is 366 g/mol. The van der Waals surface area contributed by atoms with E-state index < -0.39 is 15.0 Å². The van der Waals surface area contributed by atoms with Crippen molar-refractivity contribution in [1.29, 1.82) is 0 Å². The zero-order valence-electron chi connectivity index (χ0n) is 12.5. The maximum atomic E-state index is 12.7. The molecule has 0 unspecified atom stereocenters. The van der Waals surface area contributed by atoms with Gasteiger partial charge in [-0.25, -0.2) is 8.42 Å². The van der Waals surface area contributed by atoms with Crippen LogP contribution in [-0.2, 0) is 10.1 Å².